The molecule has 2 aromatic carbocycles. The molecular formula is C27H24FN5O. The van der Waals surface area contributed by atoms with Gasteiger partial charge in [-0.3, -0.25) is 4.98 Å². The monoisotopic (exact) mass is 453 g/mol. The third-order valence-electron chi connectivity index (χ3n) is 7.27. The molecule has 2 saturated heterocycles. The smallest absolute Gasteiger partial charge is 0.318 e. The molecule has 0 unspecified atom stereocenters. The van der Waals surface area contributed by atoms with Gasteiger partial charge in [0.15, 0.2) is 5.82 Å². The second kappa shape index (κ2) is 7.93. The highest BCUT2D eigenvalue weighted by atomic mass is 19.1. The zero-order chi connectivity index (χ0) is 23.3. The third-order valence-corrected chi connectivity index (χ3v) is 7.27. The molecule has 2 aromatic heterocycles. The fraction of sp³-hybridized carbons (Fsp3) is 0.296. The van der Waals surface area contributed by atoms with Gasteiger partial charge < -0.3 is 15.0 Å². The van der Waals surface area contributed by atoms with Crippen LogP contribution in [-0.4, -0.2) is 48.2 Å². The standard InChI is InChI=1S/C27H24FN5O/c1-3-17-6-4-7-18-8-5-9-19(21(17)18)23-22(28)24-20(14-30-23)25(32-26(31-24)34-2)33-12-10-27(11-13-33)15-29-16-27/h1,4-9,14,29H,10-13,15-16H2,2H3. The summed E-state index contributed by atoms with van der Waals surface area (Å²) in [5.41, 5.74) is 2.15. The second-order valence-electron chi connectivity index (χ2n) is 9.16. The number of rotatable bonds is 3. The zero-order valence-corrected chi connectivity index (χ0v) is 18.9. The highest BCUT2D eigenvalue weighted by molar-refractivity contribution is 6.01. The Hall–Kier alpha value is -3.76. The molecule has 2 aliphatic rings. The number of halogens is 1. The number of ether oxygens (including phenoxy) is 1. The first-order valence-electron chi connectivity index (χ1n) is 11.5. The summed E-state index contributed by atoms with van der Waals surface area (Å²) in [5.74, 6) is 2.88. The van der Waals surface area contributed by atoms with Gasteiger partial charge in [0.2, 0.25) is 0 Å². The maximum atomic E-state index is 16.1. The van der Waals surface area contributed by atoms with E-state index in [-0.39, 0.29) is 17.2 Å². The molecule has 170 valence electrons. The van der Waals surface area contributed by atoms with Crippen molar-refractivity contribution >= 4 is 27.5 Å². The first-order valence-corrected chi connectivity index (χ1v) is 11.5. The summed E-state index contributed by atoms with van der Waals surface area (Å²) < 4.78 is 21.4. The lowest BCUT2D eigenvalue weighted by atomic mass is 9.73. The van der Waals surface area contributed by atoms with Crippen LogP contribution in [0.1, 0.15) is 18.4 Å². The Morgan fingerprint density at radius 1 is 1.12 bits per heavy atom. The number of nitrogens with zero attached hydrogens (tertiary/aromatic N) is 4. The van der Waals surface area contributed by atoms with Gasteiger partial charge >= 0.3 is 6.01 Å². The Kier molecular flexibility index (Phi) is 4.85. The molecule has 34 heavy (non-hydrogen) atoms. The molecule has 7 heteroatoms. The number of hydrogen-bond acceptors (Lipinski definition) is 6. The number of fused-ring (bicyclic) bond motifs is 2. The molecule has 0 amide bonds. The fourth-order valence-corrected chi connectivity index (χ4v) is 5.23. The first-order chi connectivity index (χ1) is 16.6. The minimum Gasteiger partial charge on any atom is -0.467 e. The van der Waals surface area contributed by atoms with Gasteiger partial charge in [0.1, 0.15) is 17.0 Å². The first kappa shape index (κ1) is 20.8. The number of terminal acetylenes is 1. The van der Waals surface area contributed by atoms with Gasteiger partial charge in [0, 0.05) is 48.9 Å². The summed E-state index contributed by atoms with van der Waals surface area (Å²) in [7, 11) is 1.50. The van der Waals surface area contributed by atoms with E-state index in [1.165, 1.54) is 7.11 Å². The van der Waals surface area contributed by atoms with Crippen LogP contribution in [0.2, 0.25) is 0 Å². The molecule has 4 aromatic rings. The molecule has 0 saturated carbocycles. The molecule has 6 nitrogen and oxygen atoms in total. The van der Waals surface area contributed by atoms with E-state index in [1.807, 2.05) is 36.4 Å². The van der Waals surface area contributed by atoms with Crippen molar-refractivity contribution in [3.8, 4) is 29.6 Å². The number of methoxy groups -OCH3 is 1. The average molecular weight is 454 g/mol. The lowest BCUT2D eigenvalue weighted by Gasteiger charge is -2.48. The zero-order valence-electron chi connectivity index (χ0n) is 18.9. The Morgan fingerprint density at radius 2 is 1.88 bits per heavy atom. The molecule has 1 spiro atoms. The van der Waals surface area contributed by atoms with Crippen molar-refractivity contribution in [1.29, 1.82) is 0 Å². The van der Waals surface area contributed by atoms with Gasteiger partial charge in [-0.2, -0.15) is 9.97 Å². The number of aromatic nitrogens is 3. The van der Waals surface area contributed by atoms with Crippen molar-refractivity contribution in [3.05, 3.63) is 54.0 Å². The summed E-state index contributed by atoms with van der Waals surface area (Å²) >= 11 is 0. The lowest BCUT2D eigenvalue weighted by Crippen LogP contribution is -2.58. The molecular weight excluding hydrogens is 429 g/mol. The molecule has 2 aliphatic heterocycles. The number of hydrogen-bond donors (Lipinski definition) is 1. The van der Waals surface area contributed by atoms with Crippen molar-refractivity contribution in [2.45, 2.75) is 12.8 Å². The van der Waals surface area contributed by atoms with E-state index in [0.717, 1.165) is 49.8 Å². The quantitative estimate of drug-likeness (QED) is 0.470. The molecule has 0 atom stereocenters. The summed E-state index contributed by atoms with van der Waals surface area (Å²) in [6, 6.07) is 11.6. The van der Waals surface area contributed by atoms with Crippen LogP contribution in [0.4, 0.5) is 10.2 Å². The van der Waals surface area contributed by atoms with Crippen molar-refractivity contribution < 1.29 is 9.13 Å². The van der Waals surface area contributed by atoms with Crippen LogP contribution < -0.4 is 15.0 Å². The highest BCUT2D eigenvalue weighted by Gasteiger charge is 2.40. The maximum absolute atomic E-state index is 16.1. The molecule has 6 rings (SSSR count). The van der Waals surface area contributed by atoms with Gasteiger partial charge in [-0.05, 0) is 29.7 Å². The van der Waals surface area contributed by atoms with Gasteiger partial charge in [0.05, 0.1) is 12.5 Å². The Morgan fingerprint density at radius 3 is 2.56 bits per heavy atom. The minimum atomic E-state index is -0.504. The fourth-order valence-electron chi connectivity index (χ4n) is 5.23. The highest BCUT2D eigenvalue weighted by Crippen LogP contribution is 2.39. The number of pyridine rings is 1. The Labute approximate surface area is 197 Å². The number of nitrogens with one attached hydrogen (secondary N) is 1. The van der Waals surface area contributed by atoms with Crippen molar-refractivity contribution in [3.63, 3.8) is 0 Å². The van der Waals surface area contributed by atoms with Gasteiger partial charge in [-0.15, -0.1) is 6.42 Å². The third kappa shape index (κ3) is 3.17. The summed E-state index contributed by atoms with van der Waals surface area (Å²) in [6.07, 6.45) is 9.58. The summed E-state index contributed by atoms with van der Waals surface area (Å²) in [4.78, 5) is 15.8. The predicted octanol–water partition coefficient (Wildman–Crippen LogP) is 4.16. The van der Waals surface area contributed by atoms with Crippen LogP contribution in [0, 0.1) is 23.6 Å². The van der Waals surface area contributed by atoms with E-state index in [1.54, 1.807) is 6.20 Å². The van der Waals surface area contributed by atoms with Gasteiger partial charge in [-0.1, -0.05) is 36.3 Å². The number of benzene rings is 2. The maximum Gasteiger partial charge on any atom is 0.318 e. The van der Waals surface area contributed by atoms with E-state index in [0.29, 0.717) is 27.7 Å². The van der Waals surface area contributed by atoms with Crippen molar-refractivity contribution in [1.82, 2.24) is 20.3 Å². The van der Waals surface area contributed by atoms with E-state index in [2.05, 4.69) is 31.1 Å². The largest absolute Gasteiger partial charge is 0.467 e. The SMILES string of the molecule is C#Cc1cccc2cccc(-c3ncc4c(N5CCC6(CC5)CNC6)nc(OC)nc4c3F)c12. The van der Waals surface area contributed by atoms with Crippen LogP contribution in [0.3, 0.4) is 0 Å². The minimum absolute atomic E-state index is 0.145. The molecule has 0 radical (unpaired) electrons. The normalized spacial score (nSPS) is 17.0. The van der Waals surface area contributed by atoms with Crippen LogP contribution in [0.5, 0.6) is 6.01 Å². The Bertz CT molecular complexity index is 1460. The van der Waals surface area contributed by atoms with E-state index < -0.39 is 5.82 Å². The molecule has 4 heterocycles. The number of piperidine rings is 1. The lowest BCUT2D eigenvalue weighted by molar-refractivity contribution is 0.126. The van der Waals surface area contributed by atoms with Gasteiger partial charge in [0.25, 0.3) is 0 Å². The van der Waals surface area contributed by atoms with Crippen LogP contribution in [-0.2, 0) is 0 Å². The topological polar surface area (TPSA) is 63.2 Å². The van der Waals surface area contributed by atoms with E-state index >= 15 is 4.39 Å². The number of anilines is 1. The molecule has 0 aliphatic carbocycles. The van der Waals surface area contributed by atoms with Crippen LogP contribution >= 0.6 is 0 Å². The van der Waals surface area contributed by atoms with Crippen LogP contribution in [0.25, 0.3) is 32.9 Å². The van der Waals surface area contributed by atoms with Crippen molar-refractivity contribution in [2.75, 3.05) is 38.2 Å². The molecule has 1 N–H and O–H groups in total. The summed E-state index contributed by atoms with van der Waals surface area (Å²) in [5, 5.41) is 5.71. The average Bonchev–Trinajstić information content (AvgIpc) is 2.87. The van der Waals surface area contributed by atoms with E-state index in [9.17, 15) is 0 Å². The van der Waals surface area contributed by atoms with Crippen LogP contribution in [0.15, 0.2) is 42.6 Å². The second-order valence-corrected chi connectivity index (χ2v) is 9.16. The van der Waals surface area contributed by atoms with E-state index in [4.69, 9.17) is 11.2 Å². The Balaban J connectivity index is 1.50. The molecule has 2 fully saturated rings. The predicted molar refractivity (Wildman–Crippen MR) is 131 cm³/mol. The van der Waals surface area contributed by atoms with Gasteiger partial charge in [-0.25, -0.2) is 4.39 Å². The summed E-state index contributed by atoms with van der Waals surface area (Å²) in [6.45, 7) is 3.85. The van der Waals surface area contributed by atoms with Crippen molar-refractivity contribution in [2.24, 2.45) is 5.41 Å². The molecule has 0 bridgehead atoms.